The van der Waals surface area contributed by atoms with Crippen LogP contribution in [0.4, 0.5) is 0 Å². The Hall–Kier alpha value is -0.430. The van der Waals surface area contributed by atoms with Gasteiger partial charge in [-0.15, -0.1) is 0 Å². The van der Waals surface area contributed by atoms with Crippen LogP contribution in [0, 0.1) is 0 Å². The summed E-state index contributed by atoms with van der Waals surface area (Å²) in [7, 11) is 0. The van der Waals surface area contributed by atoms with Crippen LogP contribution in [-0.4, -0.2) is 25.2 Å². The molecule has 0 saturated carbocycles. The Kier molecular flexibility index (Phi) is 5.07. The van der Waals surface area contributed by atoms with Crippen LogP contribution in [0.5, 0.6) is 11.5 Å². The molecule has 1 aromatic carbocycles. The van der Waals surface area contributed by atoms with E-state index in [1.54, 1.807) is 0 Å². The second-order valence-corrected chi connectivity index (χ2v) is 8.54. The molecule has 0 aliphatic heterocycles. The highest BCUT2D eigenvalue weighted by Gasteiger charge is 2.34. The van der Waals surface area contributed by atoms with Gasteiger partial charge in [-0.2, -0.15) is 0 Å². The van der Waals surface area contributed by atoms with Crippen molar-refractivity contribution in [2.24, 2.45) is 0 Å². The van der Waals surface area contributed by atoms with Gasteiger partial charge in [-0.25, -0.2) is 15.0 Å². The molecule has 1 heterocycles. The standard InChI is InChI=1S/C11H5Cl6N3O2/c12-10(13,14)8-18-7(19-9(20-8)11(15,16)17)4-2-1-3-5(21)6(4)22/h1-3,21-22H. The number of aromatic hydroxyl groups is 2. The smallest absolute Gasteiger partial charge is 0.250 e. The number of hydrogen-bond donors (Lipinski definition) is 2. The Morgan fingerprint density at radius 3 is 1.73 bits per heavy atom. The summed E-state index contributed by atoms with van der Waals surface area (Å²) >= 11 is 34.5. The third-order valence-electron chi connectivity index (χ3n) is 2.40. The summed E-state index contributed by atoms with van der Waals surface area (Å²) in [6.45, 7) is 0. The molecule has 11 heteroatoms. The topological polar surface area (TPSA) is 79.1 Å². The SMILES string of the molecule is Oc1cccc(-c2nc(C(Cl)(Cl)Cl)nc(C(Cl)(Cl)Cl)n2)c1O. The molecule has 0 bridgehead atoms. The second kappa shape index (κ2) is 6.23. The lowest BCUT2D eigenvalue weighted by atomic mass is 10.1. The van der Waals surface area contributed by atoms with Crippen LogP contribution < -0.4 is 0 Å². The number of phenols is 2. The van der Waals surface area contributed by atoms with E-state index >= 15 is 0 Å². The monoisotopic (exact) mass is 421 g/mol. The van der Waals surface area contributed by atoms with E-state index in [9.17, 15) is 10.2 Å². The average Bonchev–Trinajstić information content (AvgIpc) is 2.39. The number of halogens is 6. The molecular formula is C11H5Cl6N3O2. The van der Waals surface area contributed by atoms with Crippen LogP contribution >= 0.6 is 69.6 Å². The number of para-hydroxylation sites is 1. The summed E-state index contributed by atoms with van der Waals surface area (Å²) in [5.74, 6) is -1.59. The van der Waals surface area contributed by atoms with Gasteiger partial charge in [-0.1, -0.05) is 75.7 Å². The number of phenolic OH excluding ortho intramolecular Hbond substituents is 2. The van der Waals surface area contributed by atoms with Gasteiger partial charge in [0, 0.05) is 0 Å². The van der Waals surface area contributed by atoms with E-state index in [1.807, 2.05) is 0 Å². The molecule has 0 saturated heterocycles. The van der Waals surface area contributed by atoms with E-state index in [0.29, 0.717) is 0 Å². The Morgan fingerprint density at radius 2 is 1.27 bits per heavy atom. The van der Waals surface area contributed by atoms with Gasteiger partial charge in [0.1, 0.15) is 0 Å². The molecule has 0 radical (unpaired) electrons. The summed E-state index contributed by atoms with van der Waals surface area (Å²) in [5.41, 5.74) is 0.0494. The molecule has 0 spiro atoms. The molecule has 0 fully saturated rings. The summed E-state index contributed by atoms with van der Waals surface area (Å²) in [5, 5.41) is 19.4. The van der Waals surface area contributed by atoms with Crippen molar-refractivity contribution in [1.82, 2.24) is 15.0 Å². The molecule has 118 valence electrons. The summed E-state index contributed by atoms with van der Waals surface area (Å²) in [4.78, 5) is 11.6. The third kappa shape index (κ3) is 3.91. The van der Waals surface area contributed by atoms with E-state index in [-0.39, 0.29) is 28.8 Å². The van der Waals surface area contributed by atoms with Crippen molar-refractivity contribution in [1.29, 1.82) is 0 Å². The quantitative estimate of drug-likeness (QED) is 0.517. The Balaban J connectivity index is 2.73. The van der Waals surface area contributed by atoms with E-state index in [1.165, 1.54) is 18.2 Å². The Bertz CT molecular complexity index is 682. The van der Waals surface area contributed by atoms with Crippen LogP contribution in [0.15, 0.2) is 18.2 Å². The molecule has 0 unspecified atom stereocenters. The van der Waals surface area contributed by atoms with Gasteiger partial charge in [0.05, 0.1) is 5.56 Å². The molecule has 2 aromatic rings. The van der Waals surface area contributed by atoms with Gasteiger partial charge in [0.2, 0.25) is 7.59 Å². The minimum absolute atomic E-state index is 0.0494. The molecule has 0 amide bonds. The molecule has 22 heavy (non-hydrogen) atoms. The van der Waals surface area contributed by atoms with Crippen molar-refractivity contribution in [2.45, 2.75) is 7.59 Å². The van der Waals surface area contributed by atoms with Gasteiger partial charge in [-0.3, -0.25) is 0 Å². The number of aromatic nitrogens is 3. The highest BCUT2D eigenvalue weighted by molar-refractivity contribution is 6.67. The fourth-order valence-electron chi connectivity index (χ4n) is 1.46. The minimum Gasteiger partial charge on any atom is -0.504 e. The summed E-state index contributed by atoms with van der Waals surface area (Å²) in [6.07, 6.45) is 0. The molecule has 0 atom stereocenters. The molecule has 5 nitrogen and oxygen atoms in total. The number of nitrogens with zero attached hydrogens (tertiary/aromatic N) is 3. The molecule has 0 aliphatic carbocycles. The fourth-order valence-corrected chi connectivity index (χ4v) is 1.97. The highest BCUT2D eigenvalue weighted by atomic mass is 35.6. The Morgan fingerprint density at radius 1 is 0.773 bits per heavy atom. The maximum absolute atomic E-state index is 9.89. The predicted molar refractivity (Wildman–Crippen MR) is 87.1 cm³/mol. The second-order valence-electron chi connectivity index (χ2n) is 3.98. The Labute approximate surface area is 154 Å². The van der Waals surface area contributed by atoms with Crippen molar-refractivity contribution < 1.29 is 10.2 Å². The minimum atomic E-state index is -2.01. The van der Waals surface area contributed by atoms with Gasteiger partial charge >= 0.3 is 0 Å². The summed E-state index contributed by atoms with van der Waals surface area (Å²) in [6, 6.07) is 4.15. The summed E-state index contributed by atoms with van der Waals surface area (Å²) < 4.78 is -4.01. The van der Waals surface area contributed by atoms with Gasteiger partial charge in [0.25, 0.3) is 0 Å². The highest BCUT2D eigenvalue weighted by Crippen LogP contribution is 2.42. The normalized spacial score (nSPS) is 12.5. The molecule has 1 aromatic heterocycles. The largest absolute Gasteiger partial charge is 0.504 e. The number of benzene rings is 1. The van der Waals surface area contributed by atoms with Crippen LogP contribution in [0.3, 0.4) is 0 Å². The van der Waals surface area contributed by atoms with E-state index in [4.69, 9.17) is 69.6 Å². The maximum Gasteiger partial charge on any atom is 0.250 e. The van der Waals surface area contributed by atoms with Crippen molar-refractivity contribution in [3.63, 3.8) is 0 Å². The third-order valence-corrected chi connectivity index (χ3v) is 3.41. The van der Waals surface area contributed by atoms with Crippen molar-refractivity contribution in [2.75, 3.05) is 0 Å². The van der Waals surface area contributed by atoms with Gasteiger partial charge < -0.3 is 10.2 Å². The molecular weight excluding hydrogens is 419 g/mol. The first kappa shape index (κ1) is 17.9. The number of hydrogen-bond acceptors (Lipinski definition) is 5. The van der Waals surface area contributed by atoms with Gasteiger partial charge in [0.15, 0.2) is 29.0 Å². The van der Waals surface area contributed by atoms with Crippen molar-refractivity contribution in [3.8, 4) is 22.9 Å². The molecule has 0 aliphatic rings. The van der Waals surface area contributed by atoms with Crippen LogP contribution in [0.25, 0.3) is 11.4 Å². The average molecular weight is 424 g/mol. The van der Waals surface area contributed by atoms with E-state index in [0.717, 1.165) is 0 Å². The van der Waals surface area contributed by atoms with Crippen molar-refractivity contribution >= 4 is 69.6 Å². The lowest BCUT2D eigenvalue weighted by Crippen LogP contribution is -2.16. The van der Waals surface area contributed by atoms with Crippen LogP contribution in [0.1, 0.15) is 11.6 Å². The first-order valence-electron chi connectivity index (χ1n) is 5.42. The van der Waals surface area contributed by atoms with Gasteiger partial charge in [-0.05, 0) is 12.1 Å². The molecule has 2 N–H and O–H groups in total. The first-order chi connectivity index (χ1) is 10.00. The van der Waals surface area contributed by atoms with Crippen LogP contribution in [-0.2, 0) is 7.59 Å². The zero-order chi connectivity index (χ0) is 16.7. The fraction of sp³-hybridized carbons (Fsp3) is 0.182. The first-order valence-corrected chi connectivity index (χ1v) is 7.68. The predicted octanol–water partition coefficient (Wildman–Crippen LogP) is 4.60. The lowest BCUT2D eigenvalue weighted by molar-refractivity contribution is 0.405. The maximum atomic E-state index is 9.89. The van der Waals surface area contributed by atoms with E-state index < -0.39 is 13.3 Å². The van der Waals surface area contributed by atoms with Crippen LogP contribution in [0.2, 0.25) is 0 Å². The van der Waals surface area contributed by atoms with Crippen molar-refractivity contribution in [3.05, 3.63) is 29.8 Å². The van der Waals surface area contributed by atoms with E-state index in [2.05, 4.69) is 15.0 Å². The molecule has 2 rings (SSSR count). The zero-order valence-electron chi connectivity index (χ0n) is 10.2. The lowest BCUT2D eigenvalue weighted by Gasteiger charge is -2.16. The number of alkyl halides is 6. The zero-order valence-corrected chi connectivity index (χ0v) is 14.8. The number of rotatable bonds is 1.